The number of aryl methyl sites for hydroxylation is 1. The monoisotopic (exact) mass is 228 g/mol. The second-order valence-electron chi connectivity index (χ2n) is 4.13. The van der Waals surface area contributed by atoms with Crippen LogP contribution < -0.4 is 5.73 Å². The van der Waals surface area contributed by atoms with E-state index in [0.29, 0.717) is 5.56 Å². The van der Waals surface area contributed by atoms with Crippen LogP contribution in [0.4, 0.5) is 14.5 Å². The fourth-order valence-corrected chi connectivity index (χ4v) is 1.76. The number of hydrogen-bond donors (Lipinski definition) is 1. The Labute approximate surface area is 90.2 Å². The first-order valence-electron chi connectivity index (χ1n) is 4.70. The number of nitro groups is 1. The van der Waals surface area contributed by atoms with Crippen LogP contribution in [-0.2, 0) is 5.54 Å². The van der Waals surface area contributed by atoms with Crippen LogP contribution in [0.15, 0.2) is 18.2 Å². The van der Waals surface area contributed by atoms with Gasteiger partial charge < -0.3 is 5.73 Å². The van der Waals surface area contributed by atoms with Crippen molar-refractivity contribution in [2.24, 2.45) is 5.73 Å². The Morgan fingerprint density at radius 2 is 2.06 bits per heavy atom. The highest BCUT2D eigenvalue weighted by Gasteiger charge is 2.71. The SMILES string of the molecule is Cc1ccc([N+](=O)[O-])c(C2(N)CC2(F)F)c1. The number of nitrogens with two attached hydrogens (primary N) is 1. The van der Waals surface area contributed by atoms with Crippen molar-refractivity contribution in [2.45, 2.75) is 24.8 Å². The van der Waals surface area contributed by atoms with Gasteiger partial charge in [-0.05, 0) is 13.0 Å². The Balaban J connectivity index is 2.56. The fourth-order valence-electron chi connectivity index (χ4n) is 1.76. The Kier molecular flexibility index (Phi) is 2.03. The molecule has 2 rings (SSSR count). The lowest BCUT2D eigenvalue weighted by Crippen LogP contribution is -2.28. The number of hydrogen-bond acceptors (Lipinski definition) is 3. The minimum atomic E-state index is -3.05. The molecule has 1 aromatic carbocycles. The number of nitrogens with zero attached hydrogens (tertiary/aromatic N) is 1. The van der Waals surface area contributed by atoms with Crippen LogP contribution in [0.25, 0.3) is 0 Å². The van der Waals surface area contributed by atoms with Gasteiger partial charge in [0.2, 0.25) is 0 Å². The summed E-state index contributed by atoms with van der Waals surface area (Å²) in [5.41, 5.74) is 3.88. The minimum absolute atomic E-state index is 0.0810. The third-order valence-electron chi connectivity index (χ3n) is 2.86. The average molecular weight is 228 g/mol. The largest absolute Gasteiger partial charge is 0.316 e. The molecule has 86 valence electrons. The van der Waals surface area contributed by atoms with Crippen molar-refractivity contribution in [1.82, 2.24) is 0 Å². The number of alkyl halides is 2. The molecule has 1 unspecified atom stereocenters. The second kappa shape index (κ2) is 2.98. The maximum Gasteiger partial charge on any atom is 0.274 e. The van der Waals surface area contributed by atoms with Gasteiger partial charge in [-0.1, -0.05) is 11.6 Å². The third kappa shape index (κ3) is 1.37. The van der Waals surface area contributed by atoms with E-state index in [4.69, 9.17) is 5.73 Å². The van der Waals surface area contributed by atoms with E-state index in [9.17, 15) is 18.9 Å². The van der Waals surface area contributed by atoms with Crippen molar-refractivity contribution in [3.63, 3.8) is 0 Å². The summed E-state index contributed by atoms with van der Waals surface area (Å²) >= 11 is 0. The zero-order chi connectivity index (χ0) is 12.1. The average Bonchev–Trinajstić information content (AvgIpc) is 2.66. The van der Waals surface area contributed by atoms with Crippen LogP contribution in [0.5, 0.6) is 0 Å². The van der Waals surface area contributed by atoms with Crippen LogP contribution in [0.2, 0.25) is 0 Å². The van der Waals surface area contributed by atoms with E-state index in [0.717, 1.165) is 0 Å². The van der Waals surface area contributed by atoms with E-state index in [1.807, 2.05) is 0 Å². The molecule has 1 aliphatic carbocycles. The summed E-state index contributed by atoms with van der Waals surface area (Å²) in [6.07, 6.45) is -0.537. The van der Waals surface area contributed by atoms with Crippen molar-refractivity contribution in [3.8, 4) is 0 Å². The summed E-state index contributed by atoms with van der Waals surface area (Å²) in [5.74, 6) is -3.05. The Morgan fingerprint density at radius 1 is 1.50 bits per heavy atom. The molecule has 0 saturated heterocycles. The molecule has 0 spiro atoms. The summed E-state index contributed by atoms with van der Waals surface area (Å²) in [6.45, 7) is 1.68. The zero-order valence-corrected chi connectivity index (χ0v) is 8.54. The molecule has 2 N–H and O–H groups in total. The van der Waals surface area contributed by atoms with Crippen molar-refractivity contribution < 1.29 is 13.7 Å². The summed E-state index contributed by atoms with van der Waals surface area (Å²) in [6, 6.07) is 4.08. The molecule has 0 aromatic heterocycles. The molecule has 16 heavy (non-hydrogen) atoms. The molecule has 4 nitrogen and oxygen atoms in total. The molecule has 1 aromatic rings. The molecule has 1 saturated carbocycles. The van der Waals surface area contributed by atoms with E-state index < -0.39 is 22.8 Å². The maximum atomic E-state index is 13.1. The predicted octanol–water partition coefficient (Wildman–Crippen LogP) is 2.10. The van der Waals surface area contributed by atoms with Crippen molar-refractivity contribution >= 4 is 5.69 Å². The standard InChI is InChI=1S/C10H10F2N2O2/c1-6-2-3-8(14(15)16)7(4-6)9(13)5-10(9,11)12/h2-4H,5,13H2,1H3. The number of nitro benzene ring substituents is 1. The fraction of sp³-hybridized carbons (Fsp3) is 0.400. The van der Waals surface area contributed by atoms with Gasteiger partial charge >= 0.3 is 0 Å². The van der Waals surface area contributed by atoms with E-state index in [-0.39, 0.29) is 11.3 Å². The molecule has 6 heteroatoms. The molecule has 0 heterocycles. The summed E-state index contributed by atoms with van der Waals surface area (Å²) in [5, 5.41) is 10.7. The minimum Gasteiger partial charge on any atom is -0.316 e. The highest BCUT2D eigenvalue weighted by atomic mass is 19.3. The first kappa shape index (κ1) is 10.9. The Hall–Kier alpha value is -1.56. The van der Waals surface area contributed by atoms with Crippen LogP contribution in [0, 0.1) is 17.0 Å². The molecule has 1 fully saturated rings. The number of halogens is 2. The lowest BCUT2D eigenvalue weighted by Gasteiger charge is -2.11. The first-order valence-corrected chi connectivity index (χ1v) is 4.70. The Morgan fingerprint density at radius 3 is 2.50 bits per heavy atom. The van der Waals surface area contributed by atoms with Gasteiger partial charge in [0.1, 0.15) is 5.54 Å². The number of rotatable bonds is 2. The van der Waals surface area contributed by atoms with Gasteiger partial charge in [0, 0.05) is 12.5 Å². The summed E-state index contributed by atoms with van der Waals surface area (Å²) in [4.78, 5) is 10.0. The molecular formula is C10H10F2N2O2. The van der Waals surface area contributed by atoms with Gasteiger partial charge in [-0.3, -0.25) is 10.1 Å². The summed E-state index contributed by atoms with van der Waals surface area (Å²) < 4.78 is 26.2. The molecular weight excluding hydrogens is 218 g/mol. The van der Waals surface area contributed by atoms with E-state index in [1.165, 1.54) is 18.2 Å². The quantitative estimate of drug-likeness (QED) is 0.622. The molecule has 0 bridgehead atoms. The topological polar surface area (TPSA) is 69.2 Å². The zero-order valence-electron chi connectivity index (χ0n) is 8.54. The van der Waals surface area contributed by atoms with Gasteiger partial charge in [0.15, 0.2) is 0 Å². The number of benzene rings is 1. The van der Waals surface area contributed by atoms with E-state index >= 15 is 0 Å². The predicted molar refractivity (Wildman–Crippen MR) is 53.3 cm³/mol. The smallest absolute Gasteiger partial charge is 0.274 e. The van der Waals surface area contributed by atoms with Gasteiger partial charge in [-0.15, -0.1) is 0 Å². The second-order valence-corrected chi connectivity index (χ2v) is 4.13. The summed E-state index contributed by atoms with van der Waals surface area (Å²) in [7, 11) is 0. The van der Waals surface area contributed by atoms with Gasteiger partial charge in [0.25, 0.3) is 11.6 Å². The normalized spacial score (nSPS) is 26.5. The highest BCUT2D eigenvalue weighted by Crippen LogP contribution is 2.59. The van der Waals surface area contributed by atoms with Crippen LogP contribution >= 0.6 is 0 Å². The van der Waals surface area contributed by atoms with Crippen LogP contribution in [-0.4, -0.2) is 10.8 Å². The maximum absolute atomic E-state index is 13.1. The lowest BCUT2D eigenvalue weighted by molar-refractivity contribution is -0.386. The van der Waals surface area contributed by atoms with E-state index in [1.54, 1.807) is 6.92 Å². The van der Waals surface area contributed by atoms with Crippen molar-refractivity contribution in [1.29, 1.82) is 0 Å². The lowest BCUT2D eigenvalue weighted by atomic mass is 10.0. The van der Waals surface area contributed by atoms with Crippen LogP contribution in [0.1, 0.15) is 17.5 Å². The van der Waals surface area contributed by atoms with Crippen LogP contribution in [0.3, 0.4) is 0 Å². The molecule has 0 aliphatic heterocycles. The first-order chi connectivity index (χ1) is 7.28. The highest BCUT2D eigenvalue weighted by molar-refractivity contribution is 5.51. The Bertz CT molecular complexity index is 476. The molecule has 0 radical (unpaired) electrons. The van der Waals surface area contributed by atoms with E-state index in [2.05, 4.69) is 0 Å². The van der Waals surface area contributed by atoms with Gasteiger partial charge in [-0.2, -0.15) is 0 Å². The molecule has 0 amide bonds. The van der Waals surface area contributed by atoms with Crippen molar-refractivity contribution in [2.75, 3.05) is 0 Å². The van der Waals surface area contributed by atoms with Gasteiger partial charge in [0.05, 0.1) is 10.5 Å². The third-order valence-corrected chi connectivity index (χ3v) is 2.86. The molecule has 1 aliphatic rings. The van der Waals surface area contributed by atoms with Crippen molar-refractivity contribution in [3.05, 3.63) is 39.4 Å². The molecule has 1 atom stereocenters. The van der Waals surface area contributed by atoms with Gasteiger partial charge in [-0.25, -0.2) is 8.78 Å².